The van der Waals surface area contributed by atoms with Crippen molar-refractivity contribution in [3.05, 3.63) is 35.9 Å². The molecule has 1 amide bonds. The number of nitrogens with one attached hydrogen (secondary N) is 1. The van der Waals surface area contributed by atoms with Gasteiger partial charge in [0, 0.05) is 18.5 Å². The van der Waals surface area contributed by atoms with E-state index in [1.807, 2.05) is 18.2 Å². The summed E-state index contributed by atoms with van der Waals surface area (Å²) in [5.41, 5.74) is 7.25. The summed E-state index contributed by atoms with van der Waals surface area (Å²) in [6, 6.07) is 10.3. The van der Waals surface area contributed by atoms with Gasteiger partial charge in [0.1, 0.15) is 0 Å². The maximum atomic E-state index is 12.0. The summed E-state index contributed by atoms with van der Waals surface area (Å²) in [5.74, 6) is 1.29. The van der Waals surface area contributed by atoms with E-state index in [-0.39, 0.29) is 17.9 Å². The molecule has 1 saturated carbocycles. The largest absolute Gasteiger partial charge is 0.354 e. The zero-order valence-electron chi connectivity index (χ0n) is 11.8. The van der Waals surface area contributed by atoms with Gasteiger partial charge in [0.05, 0.1) is 0 Å². The number of carbonyl (C=O) groups excluding carboxylic acids is 1. The number of rotatable bonds is 6. The fourth-order valence-corrected chi connectivity index (χ4v) is 2.61. The minimum atomic E-state index is 0.0675. The average molecular weight is 260 g/mol. The summed E-state index contributed by atoms with van der Waals surface area (Å²) in [7, 11) is 0. The van der Waals surface area contributed by atoms with Gasteiger partial charge in [0.2, 0.25) is 5.91 Å². The Labute approximate surface area is 115 Å². The molecule has 0 bridgehead atoms. The first-order valence-electron chi connectivity index (χ1n) is 7.16. The first-order valence-corrected chi connectivity index (χ1v) is 7.16. The van der Waals surface area contributed by atoms with E-state index >= 15 is 0 Å². The van der Waals surface area contributed by atoms with Crippen LogP contribution in [0.4, 0.5) is 0 Å². The van der Waals surface area contributed by atoms with E-state index in [1.54, 1.807) is 0 Å². The van der Waals surface area contributed by atoms with Gasteiger partial charge < -0.3 is 11.1 Å². The summed E-state index contributed by atoms with van der Waals surface area (Å²) in [5, 5.41) is 2.99. The molecule has 3 heteroatoms. The van der Waals surface area contributed by atoms with Gasteiger partial charge >= 0.3 is 0 Å². The zero-order chi connectivity index (χ0) is 13.8. The van der Waals surface area contributed by atoms with Crippen LogP contribution in [0.1, 0.15) is 38.2 Å². The predicted octanol–water partition coefficient (Wildman–Crippen LogP) is 2.28. The summed E-state index contributed by atoms with van der Waals surface area (Å²) >= 11 is 0. The van der Waals surface area contributed by atoms with Crippen LogP contribution in [0.2, 0.25) is 0 Å². The van der Waals surface area contributed by atoms with Crippen LogP contribution >= 0.6 is 0 Å². The highest BCUT2D eigenvalue weighted by molar-refractivity contribution is 5.82. The van der Waals surface area contributed by atoms with E-state index in [4.69, 9.17) is 5.73 Å². The van der Waals surface area contributed by atoms with E-state index in [0.717, 1.165) is 12.8 Å². The number of hydrogen-bond acceptors (Lipinski definition) is 2. The molecule has 3 unspecified atom stereocenters. The van der Waals surface area contributed by atoms with Crippen molar-refractivity contribution < 1.29 is 4.79 Å². The zero-order valence-corrected chi connectivity index (χ0v) is 11.8. The SMILES string of the molecule is CC(C)CC(N)CNC(=O)C1CC1c1ccccc1. The molecule has 0 spiro atoms. The lowest BCUT2D eigenvalue weighted by molar-refractivity contribution is -0.122. The molecule has 1 aliphatic rings. The van der Waals surface area contributed by atoms with Crippen LogP contribution < -0.4 is 11.1 Å². The molecule has 1 aliphatic carbocycles. The fourth-order valence-electron chi connectivity index (χ4n) is 2.61. The van der Waals surface area contributed by atoms with Gasteiger partial charge in [-0.15, -0.1) is 0 Å². The van der Waals surface area contributed by atoms with Crippen molar-refractivity contribution in [3.63, 3.8) is 0 Å². The van der Waals surface area contributed by atoms with Crippen LogP contribution in [-0.2, 0) is 4.79 Å². The maximum absolute atomic E-state index is 12.0. The highest BCUT2D eigenvalue weighted by Crippen LogP contribution is 2.47. The van der Waals surface area contributed by atoms with Crippen LogP contribution in [0.3, 0.4) is 0 Å². The lowest BCUT2D eigenvalue weighted by Gasteiger charge is -2.14. The standard InChI is InChI=1S/C16H24N2O/c1-11(2)8-13(17)10-18-16(19)15-9-14(15)12-6-4-3-5-7-12/h3-7,11,13-15H,8-10,17H2,1-2H3,(H,18,19). The number of hydrogen-bond donors (Lipinski definition) is 2. The van der Waals surface area contributed by atoms with E-state index in [0.29, 0.717) is 18.4 Å². The van der Waals surface area contributed by atoms with E-state index < -0.39 is 0 Å². The van der Waals surface area contributed by atoms with Crippen molar-refractivity contribution in [2.75, 3.05) is 6.54 Å². The van der Waals surface area contributed by atoms with Crippen molar-refractivity contribution in [2.24, 2.45) is 17.6 Å². The van der Waals surface area contributed by atoms with Crippen LogP contribution in [0, 0.1) is 11.8 Å². The number of carbonyl (C=O) groups is 1. The van der Waals surface area contributed by atoms with Gasteiger partial charge in [-0.25, -0.2) is 0 Å². The minimum Gasteiger partial charge on any atom is -0.354 e. The molecule has 1 fully saturated rings. The Hall–Kier alpha value is -1.35. The average Bonchev–Trinajstić information content (AvgIpc) is 3.16. The number of nitrogens with two attached hydrogens (primary N) is 1. The lowest BCUT2D eigenvalue weighted by Crippen LogP contribution is -2.38. The Morgan fingerprint density at radius 2 is 2.05 bits per heavy atom. The summed E-state index contributed by atoms with van der Waals surface area (Å²) in [4.78, 5) is 12.0. The van der Waals surface area contributed by atoms with Crippen molar-refractivity contribution in [3.8, 4) is 0 Å². The highest BCUT2D eigenvalue weighted by Gasteiger charge is 2.43. The third-order valence-corrected chi connectivity index (χ3v) is 3.67. The first-order chi connectivity index (χ1) is 9.08. The highest BCUT2D eigenvalue weighted by atomic mass is 16.2. The molecule has 0 aromatic heterocycles. The second kappa shape index (κ2) is 6.20. The smallest absolute Gasteiger partial charge is 0.223 e. The van der Waals surface area contributed by atoms with Crippen molar-refractivity contribution in [1.82, 2.24) is 5.32 Å². The van der Waals surface area contributed by atoms with Gasteiger partial charge in [-0.2, -0.15) is 0 Å². The monoisotopic (exact) mass is 260 g/mol. The molecule has 0 aliphatic heterocycles. The molecule has 104 valence electrons. The molecular formula is C16H24N2O. The van der Waals surface area contributed by atoms with Gasteiger partial charge in [-0.1, -0.05) is 44.2 Å². The Morgan fingerprint density at radius 3 is 2.68 bits per heavy atom. The third kappa shape index (κ3) is 4.06. The van der Waals surface area contributed by atoms with E-state index in [2.05, 4.69) is 31.3 Å². The topological polar surface area (TPSA) is 55.1 Å². The molecular weight excluding hydrogens is 236 g/mol. The molecule has 19 heavy (non-hydrogen) atoms. The molecule has 1 aromatic rings. The molecule has 3 nitrogen and oxygen atoms in total. The molecule has 0 heterocycles. The summed E-state index contributed by atoms with van der Waals surface area (Å²) in [6.07, 6.45) is 1.92. The molecule has 0 radical (unpaired) electrons. The quantitative estimate of drug-likeness (QED) is 0.824. The number of amides is 1. The maximum Gasteiger partial charge on any atom is 0.223 e. The Bertz CT molecular complexity index is 416. The molecule has 3 atom stereocenters. The van der Waals surface area contributed by atoms with Crippen molar-refractivity contribution in [1.29, 1.82) is 0 Å². The Balaban J connectivity index is 1.74. The summed E-state index contributed by atoms with van der Waals surface area (Å²) in [6.45, 7) is 4.89. The Morgan fingerprint density at radius 1 is 1.37 bits per heavy atom. The van der Waals surface area contributed by atoms with Gasteiger partial charge in [-0.3, -0.25) is 4.79 Å². The van der Waals surface area contributed by atoms with Crippen LogP contribution in [0.25, 0.3) is 0 Å². The van der Waals surface area contributed by atoms with Gasteiger partial charge in [0.15, 0.2) is 0 Å². The van der Waals surface area contributed by atoms with E-state index in [9.17, 15) is 4.79 Å². The van der Waals surface area contributed by atoms with Gasteiger partial charge in [-0.05, 0) is 30.2 Å². The summed E-state index contributed by atoms with van der Waals surface area (Å²) < 4.78 is 0. The molecule has 3 N–H and O–H groups in total. The van der Waals surface area contributed by atoms with Crippen molar-refractivity contribution in [2.45, 2.75) is 38.6 Å². The van der Waals surface area contributed by atoms with Gasteiger partial charge in [0.25, 0.3) is 0 Å². The molecule has 1 aromatic carbocycles. The normalized spacial score (nSPS) is 23.2. The second-order valence-corrected chi connectivity index (χ2v) is 5.99. The van der Waals surface area contributed by atoms with Crippen molar-refractivity contribution >= 4 is 5.91 Å². The van der Waals surface area contributed by atoms with Crippen LogP contribution in [0.15, 0.2) is 30.3 Å². The predicted molar refractivity (Wildman–Crippen MR) is 77.7 cm³/mol. The lowest BCUT2D eigenvalue weighted by atomic mass is 10.0. The first kappa shape index (κ1) is 14.1. The van der Waals surface area contributed by atoms with Crippen LogP contribution in [0.5, 0.6) is 0 Å². The second-order valence-electron chi connectivity index (χ2n) is 5.99. The fraction of sp³-hybridized carbons (Fsp3) is 0.562. The molecule has 2 rings (SSSR count). The third-order valence-electron chi connectivity index (χ3n) is 3.67. The van der Waals surface area contributed by atoms with Crippen LogP contribution in [-0.4, -0.2) is 18.5 Å². The number of benzene rings is 1. The Kier molecular flexibility index (Phi) is 4.59. The van der Waals surface area contributed by atoms with E-state index in [1.165, 1.54) is 5.56 Å². The minimum absolute atomic E-state index is 0.0675. The molecule has 0 saturated heterocycles.